The van der Waals surface area contributed by atoms with Crippen LogP contribution in [0.15, 0.2) is 121 Å². The Kier molecular flexibility index (Phi) is 9.46. The van der Waals surface area contributed by atoms with Gasteiger partial charge in [-0.25, -0.2) is 0 Å². The molecule has 5 aromatic rings. The molecule has 0 amide bonds. The first-order chi connectivity index (χ1) is 17.0. The van der Waals surface area contributed by atoms with E-state index in [1.165, 1.54) is 11.1 Å². The molecule has 0 atom stereocenters. The Labute approximate surface area is 225 Å². The summed E-state index contributed by atoms with van der Waals surface area (Å²) in [5.41, 5.74) is 6.69. The molecule has 0 unspecified atom stereocenters. The maximum Gasteiger partial charge on any atom is 0.324 e. The minimum absolute atomic E-state index is 0. The van der Waals surface area contributed by atoms with Crippen molar-refractivity contribution in [2.24, 2.45) is 0 Å². The van der Waals surface area contributed by atoms with Gasteiger partial charge >= 0.3 is 5.78 Å². The molecular weight excluding hydrogens is 623 g/mol. The second-order valence-electron chi connectivity index (χ2n) is 8.16. The van der Waals surface area contributed by atoms with E-state index in [0.717, 1.165) is 27.7 Å². The number of rotatable bonds is 4. The van der Waals surface area contributed by atoms with Gasteiger partial charge in [-0.1, -0.05) is 102 Å². The molecule has 0 fully saturated rings. The molecule has 0 bridgehead atoms. The van der Waals surface area contributed by atoms with Crippen molar-refractivity contribution in [1.29, 1.82) is 0 Å². The van der Waals surface area contributed by atoms with E-state index < -0.39 is 0 Å². The Balaban J connectivity index is 0.000000223. The number of nitrogens with zero attached hydrogens (tertiary/aromatic N) is 1. The predicted molar refractivity (Wildman–Crippen MR) is 146 cm³/mol. The third-order valence-corrected chi connectivity index (χ3v) is 5.58. The minimum atomic E-state index is 0. The third-order valence-electron chi connectivity index (χ3n) is 5.58. The molecule has 1 aromatic heterocycles. The standard InChI is InChI=1S/C21H14N.C11H12O2.Ir/c1-2-6-16(7-3-1)17-10-12-19(13-11-17)21-15-14-18-8-4-5-9-20(18)22-21;1-8(12)11(9(2)13)10-6-4-3-5-7-10;/h1-12,14-15H;3-7,12H,1-2H3;/q-1;;/p+1/b;11-8+;. The smallest absolute Gasteiger partial charge is 0.324 e. The van der Waals surface area contributed by atoms with E-state index in [1.807, 2.05) is 72.8 Å². The van der Waals surface area contributed by atoms with E-state index in [9.17, 15) is 9.90 Å². The summed E-state index contributed by atoms with van der Waals surface area (Å²) in [4.78, 5) is 14.1. The molecule has 0 saturated heterocycles. The van der Waals surface area contributed by atoms with Crippen molar-refractivity contribution >= 4 is 22.3 Å². The number of aliphatic hydroxyl groups is 1. The minimum Gasteiger partial charge on any atom is -0.512 e. The summed E-state index contributed by atoms with van der Waals surface area (Å²) in [5.74, 6) is 0.261. The van der Waals surface area contributed by atoms with Gasteiger partial charge in [0.2, 0.25) is 0 Å². The van der Waals surface area contributed by atoms with Crippen molar-refractivity contribution < 1.29 is 30.0 Å². The number of carbonyl (C=O) groups excluding carboxylic acids is 1. The molecule has 3 nitrogen and oxygen atoms in total. The molecule has 0 aliphatic heterocycles. The van der Waals surface area contributed by atoms with Crippen LogP contribution in [0.1, 0.15) is 19.4 Å². The van der Waals surface area contributed by atoms with Crippen LogP contribution in [0.25, 0.3) is 38.9 Å². The first-order valence-corrected chi connectivity index (χ1v) is 11.4. The zero-order valence-corrected chi connectivity index (χ0v) is 22.5. The number of aliphatic hydroxyl groups excluding tert-OH is 1. The van der Waals surface area contributed by atoms with Gasteiger partial charge in [0, 0.05) is 20.1 Å². The molecule has 181 valence electrons. The van der Waals surface area contributed by atoms with Gasteiger partial charge in [-0.3, -0.25) is 9.78 Å². The van der Waals surface area contributed by atoms with E-state index in [-0.39, 0.29) is 31.6 Å². The number of pyridine rings is 1. The van der Waals surface area contributed by atoms with Crippen LogP contribution in [0.4, 0.5) is 0 Å². The van der Waals surface area contributed by atoms with E-state index >= 15 is 0 Å². The quantitative estimate of drug-likeness (QED) is 0.0932. The van der Waals surface area contributed by atoms with E-state index in [4.69, 9.17) is 4.98 Å². The predicted octanol–water partition coefficient (Wildman–Crippen LogP) is 7.91. The van der Waals surface area contributed by atoms with Crippen LogP contribution in [-0.4, -0.2) is 20.7 Å². The molecule has 0 aliphatic carbocycles. The van der Waals surface area contributed by atoms with Crippen LogP contribution in [0.5, 0.6) is 0 Å². The number of allylic oxidation sites excluding steroid dienone is 2. The van der Waals surface area contributed by atoms with Gasteiger partial charge in [0.15, 0.2) is 0 Å². The van der Waals surface area contributed by atoms with Crippen LogP contribution in [0.3, 0.4) is 0 Å². The second-order valence-corrected chi connectivity index (χ2v) is 8.16. The van der Waals surface area contributed by atoms with Crippen LogP contribution < -0.4 is 0 Å². The number of para-hydroxylation sites is 1. The second kappa shape index (κ2) is 12.7. The zero-order chi connectivity index (χ0) is 24.6. The molecule has 2 N–H and O–H groups in total. The van der Waals surface area contributed by atoms with Crippen molar-refractivity contribution in [3.05, 3.63) is 133 Å². The molecule has 0 spiro atoms. The number of hydrogen-bond acceptors (Lipinski definition) is 2. The maximum absolute atomic E-state index is 9.33. The molecule has 0 aliphatic rings. The van der Waals surface area contributed by atoms with Crippen molar-refractivity contribution in [1.82, 2.24) is 4.98 Å². The molecule has 1 heterocycles. The van der Waals surface area contributed by atoms with E-state index in [0.29, 0.717) is 5.57 Å². The van der Waals surface area contributed by atoms with Gasteiger partial charge < -0.3 is 5.11 Å². The SMILES string of the molecule is CC(=[OH+])/C(=C(/C)O)c1ccccc1.[Ir].[c-]1cc(-c2ccccc2)ccc1-c1ccc2ccccc2n1. The molecule has 4 heteroatoms. The number of fused-ring (bicyclic) bond motifs is 1. The molecule has 4 aromatic carbocycles. The van der Waals surface area contributed by atoms with Crippen molar-refractivity contribution in [2.45, 2.75) is 13.8 Å². The summed E-state index contributed by atoms with van der Waals surface area (Å²) >= 11 is 0. The van der Waals surface area contributed by atoms with Crippen LogP contribution in [0, 0.1) is 6.07 Å². The van der Waals surface area contributed by atoms with Gasteiger partial charge in [0.05, 0.1) is 12.4 Å². The van der Waals surface area contributed by atoms with Crippen LogP contribution >= 0.6 is 0 Å². The Bertz CT molecular complexity index is 1460. The van der Waals surface area contributed by atoms with E-state index in [1.54, 1.807) is 13.8 Å². The van der Waals surface area contributed by atoms with Crippen LogP contribution in [0.2, 0.25) is 0 Å². The number of benzene rings is 4. The topological polar surface area (TPSA) is 54.5 Å². The molecule has 36 heavy (non-hydrogen) atoms. The maximum atomic E-state index is 9.33. The summed E-state index contributed by atoms with van der Waals surface area (Å²) in [6, 6.07) is 41.6. The Morgan fingerprint density at radius 3 is 1.97 bits per heavy atom. The number of aromatic nitrogens is 1. The van der Waals surface area contributed by atoms with E-state index in [2.05, 4.69) is 48.5 Å². The van der Waals surface area contributed by atoms with Gasteiger partial charge in [0.1, 0.15) is 11.3 Å². The number of hydrogen-bond donors (Lipinski definition) is 1. The average Bonchev–Trinajstić information content (AvgIpc) is 2.90. The molecule has 0 saturated carbocycles. The largest absolute Gasteiger partial charge is 0.512 e. The van der Waals surface area contributed by atoms with Gasteiger partial charge in [0.25, 0.3) is 0 Å². The summed E-state index contributed by atoms with van der Waals surface area (Å²) in [5, 5.41) is 10.5. The summed E-state index contributed by atoms with van der Waals surface area (Å²) in [6.45, 7) is 3.12. The fourth-order valence-electron chi connectivity index (χ4n) is 3.89. The van der Waals surface area contributed by atoms with Gasteiger partial charge in [-0.15, -0.1) is 29.8 Å². The van der Waals surface area contributed by atoms with Crippen LogP contribution in [-0.2, 0) is 20.1 Å². The van der Waals surface area contributed by atoms with Gasteiger partial charge in [-0.05, 0) is 29.6 Å². The van der Waals surface area contributed by atoms with Crippen molar-refractivity contribution in [3.63, 3.8) is 0 Å². The summed E-state index contributed by atoms with van der Waals surface area (Å²) in [7, 11) is 0. The first kappa shape index (κ1) is 26.7. The fourth-order valence-corrected chi connectivity index (χ4v) is 3.89. The monoisotopic (exact) mass is 650 g/mol. The number of ketones is 1. The Morgan fingerprint density at radius 1 is 0.722 bits per heavy atom. The average molecular weight is 650 g/mol. The molecule has 1 radical (unpaired) electrons. The van der Waals surface area contributed by atoms with Crippen molar-refractivity contribution in [3.8, 4) is 22.4 Å². The fraction of sp³-hybridized carbons (Fsp3) is 0.0625. The Hall–Kier alpha value is -3.85. The van der Waals surface area contributed by atoms with Gasteiger partial charge in [-0.2, -0.15) is 0 Å². The molecular formula is C32H27IrNO2. The summed E-state index contributed by atoms with van der Waals surface area (Å²) < 4.78 is 0. The first-order valence-electron chi connectivity index (χ1n) is 11.4. The third kappa shape index (κ3) is 6.63. The normalized spacial score (nSPS) is 10.9. The Morgan fingerprint density at radius 2 is 1.36 bits per heavy atom. The molecule has 5 rings (SSSR count). The van der Waals surface area contributed by atoms with Crippen molar-refractivity contribution in [2.75, 3.05) is 0 Å². The summed E-state index contributed by atoms with van der Waals surface area (Å²) in [6.07, 6.45) is 0. The zero-order valence-electron chi connectivity index (χ0n) is 20.1.